The number of hydrogen-bond donors (Lipinski definition) is 2. The van der Waals surface area contributed by atoms with E-state index < -0.39 is 58.5 Å². The highest BCUT2D eigenvalue weighted by Crippen LogP contribution is 2.66. The quantitative estimate of drug-likeness (QED) is 0.0805. The van der Waals surface area contributed by atoms with E-state index in [0.717, 1.165) is 16.1 Å². The van der Waals surface area contributed by atoms with Gasteiger partial charge in [0.2, 0.25) is 11.8 Å². The van der Waals surface area contributed by atoms with Gasteiger partial charge in [-0.2, -0.15) is 5.01 Å². The minimum atomic E-state index is -1.69. The maximum atomic E-state index is 15.4. The number of fused-ring (bicyclic) bond motifs is 4. The summed E-state index contributed by atoms with van der Waals surface area (Å²) in [5, 5.41) is 13.1. The number of phenolic OH excluding ortho intramolecular Hbond substituents is 1. The smallest absolute Gasteiger partial charge is 0.260 e. The first kappa shape index (κ1) is 40.5. The van der Waals surface area contributed by atoms with Crippen LogP contribution in [0.5, 0.6) is 23.0 Å². The number of carbonyl (C=O) groups excluding carboxylic acids is 4. The number of imide groups is 2. The molecule has 2 saturated heterocycles. The molecule has 62 heavy (non-hydrogen) atoms. The molecule has 6 atom stereocenters. The van der Waals surface area contributed by atoms with Crippen LogP contribution >= 0.6 is 11.6 Å². The van der Waals surface area contributed by atoms with Crippen LogP contribution in [0.2, 0.25) is 5.02 Å². The van der Waals surface area contributed by atoms with E-state index in [4.69, 9.17) is 25.8 Å². The maximum absolute atomic E-state index is 15.4. The molecule has 0 spiro atoms. The molecule has 2 aliphatic heterocycles. The van der Waals surface area contributed by atoms with Crippen LogP contribution in [0, 0.1) is 29.5 Å². The summed E-state index contributed by atoms with van der Waals surface area (Å²) in [6, 6.07) is 29.3. The zero-order valence-electron chi connectivity index (χ0n) is 33.9. The summed E-state index contributed by atoms with van der Waals surface area (Å²) >= 11 is 6.41. The van der Waals surface area contributed by atoms with E-state index in [1.165, 1.54) is 42.3 Å². The Morgan fingerprint density at radius 3 is 2.21 bits per heavy atom. The highest BCUT2D eigenvalue weighted by molar-refractivity contribution is 6.30. The van der Waals surface area contributed by atoms with E-state index in [0.29, 0.717) is 39.0 Å². The minimum absolute atomic E-state index is 0.0263. The number of nitrogens with zero attached hydrogens (tertiary/aromatic N) is 2. The van der Waals surface area contributed by atoms with Crippen LogP contribution in [0.4, 0.5) is 15.8 Å². The molecule has 4 aliphatic rings. The van der Waals surface area contributed by atoms with Gasteiger partial charge in [0.1, 0.15) is 28.8 Å². The number of rotatable bonds is 10. The molecule has 4 amide bonds. The lowest BCUT2D eigenvalue weighted by Crippen LogP contribution is -2.53. The van der Waals surface area contributed by atoms with Crippen LogP contribution in [-0.4, -0.2) is 55.1 Å². The number of nitrogens with one attached hydrogen (secondary N) is 1. The fraction of sp³-hybridized carbons (Fsp3) is 0.224. The van der Waals surface area contributed by atoms with Gasteiger partial charge in [0.05, 0.1) is 55.9 Å². The summed E-state index contributed by atoms with van der Waals surface area (Å²) in [6.45, 7) is 0. The fourth-order valence-corrected chi connectivity index (χ4v) is 10.2. The number of hydrazine groups is 1. The van der Waals surface area contributed by atoms with Crippen molar-refractivity contribution < 1.29 is 42.9 Å². The summed E-state index contributed by atoms with van der Waals surface area (Å²) in [5.74, 6) is -5.53. The molecule has 0 aromatic heterocycles. The van der Waals surface area contributed by atoms with E-state index >= 15 is 4.79 Å². The Balaban J connectivity index is 1.13. The molecule has 2 aliphatic carbocycles. The van der Waals surface area contributed by atoms with Crippen LogP contribution in [0.25, 0.3) is 12.2 Å². The van der Waals surface area contributed by atoms with Gasteiger partial charge in [0.15, 0.2) is 0 Å². The Bertz CT molecular complexity index is 2690. The lowest BCUT2D eigenvalue weighted by molar-refractivity contribution is -0.138. The van der Waals surface area contributed by atoms with Gasteiger partial charge in [-0.15, -0.1) is 0 Å². The van der Waals surface area contributed by atoms with Crippen molar-refractivity contribution in [2.75, 3.05) is 31.7 Å². The van der Waals surface area contributed by atoms with E-state index in [1.54, 1.807) is 62.8 Å². The second kappa shape index (κ2) is 15.8. The number of allylic oxidation sites excluding steroid dienone is 2. The number of halogens is 2. The number of hydrogen-bond acceptors (Lipinski definition) is 9. The number of carbonyl (C=O) groups is 4. The number of amides is 4. The maximum Gasteiger partial charge on any atom is 0.260 e. The van der Waals surface area contributed by atoms with E-state index in [9.17, 15) is 23.9 Å². The number of methoxy groups -OCH3 is 3. The van der Waals surface area contributed by atoms with Crippen molar-refractivity contribution in [3.8, 4) is 23.0 Å². The summed E-state index contributed by atoms with van der Waals surface area (Å²) < 4.78 is 30.7. The Morgan fingerprint density at radius 2 is 1.52 bits per heavy atom. The van der Waals surface area contributed by atoms with Crippen molar-refractivity contribution >= 4 is 58.8 Å². The number of ether oxygens (including phenoxy) is 3. The Labute approximate surface area is 361 Å². The Kier molecular flexibility index (Phi) is 10.3. The Hall–Kier alpha value is -6.92. The molecule has 3 fully saturated rings. The molecule has 11 nitrogen and oxygen atoms in total. The second-order valence-electron chi connectivity index (χ2n) is 15.8. The zero-order chi connectivity index (χ0) is 43.4. The fourth-order valence-electron chi connectivity index (χ4n) is 10.1. The highest BCUT2D eigenvalue weighted by Gasteiger charge is 2.71. The summed E-state index contributed by atoms with van der Waals surface area (Å²) in [6.07, 6.45) is 5.88. The summed E-state index contributed by atoms with van der Waals surface area (Å²) in [7, 11) is 4.63. The van der Waals surface area contributed by atoms with Crippen LogP contribution in [-0.2, 0) is 24.6 Å². The van der Waals surface area contributed by atoms with Gasteiger partial charge in [-0.3, -0.25) is 29.5 Å². The van der Waals surface area contributed by atoms with E-state index in [-0.39, 0.29) is 35.8 Å². The summed E-state index contributed by atoms with van der Waals surface area (Å²) in [4.78, 5) is 60.9. The molecule has 1 saturated carbocycles. The predicted octanol–water partition coefficient (Wildman–Crippen LogP) is 8.57. The molecule has 0 radical (unpaired) electrons. The third-order valence-corrected chi connectivity index (χ3v) is 13.1. The molecule has 2 N–H and O–H groups in total. The molecule has 9 rings (SSSR count). The lowest BCUT2D eigenvalue weighted by Gasteiger charge is -2.50. The largest absolute Gasteiger partial charge is 0.508 e. The van der Waals surface area contributed by atoms with Crippen molar-refractivity contribution in [1.29, 1.82) is 0 Å². The van der Waals surface area contributed by atoms with Crippen molar-refractivity contribution in [3.05, 3.63) is 154 Å². The minimum Gasteiger partial charge on any atom is -0.508 e. The normalized spacial score (nSPS) is 24.1. The molecule has 5 aromatic carbocycles. The second-order valence-corrected chi connectivity index (χ2v) is 16.2. The van der Waals surface area contributed by atoms with Crippen LogP contribution in [0.3, 0.4) is 0 Å². The first-order valence-electron chi connectivity index (χ1n) is 20.1. The van der Waals surface area contributed by atoms with Crippen LogP contribution < -0.4 is 24.5 Å². The van der Waals surface area contributed by atoms with Crippen LogP contribution in [0.15, 0.2) is 121 Å². The molecule has 6 unspecified atom stereocenters. The first-order chi connectivity index (χ1) is 30.0. The lowest BCUT2D eigenvalue weighted by atomic mass is 9.49. The van der Waals surface area contributed by atoms with Gasteiger partial charge in [0.25, 0.3) is 11.8 Å². The van der Waals surface area contributed by atoms with Gasteiger partial charge in [-0.1, -0.05) is 65.7 Å². The average Bonchev–Trinajstić information content (AvgIpc) is 3.67. The number of benzene rings is 5. The van der Waals surface area contributed by atoms with E-state index in [1.807, 2.05) is 48.6 Å². The van der Waals surface area contributed by atoms with Crippen LogP contribution in [0.1, 0.15) is 41.0 Å². The Morgan fingerprint density at radius 1 is 0.790 bits per heavy atom. The monoisotopic (exact) mass is 853 g/mol. The topological polar surface area (TPSA) is 135 Å². The third kappa shape index (κ3) is 6.39. The third-order valence-electron chi connectivity index (χ3n) is 12.9. The van der Waals surface area contributed by atoms with Gasteiger partial charge >= 0.3 is 0 Å². The number of aromatic hydroxyl groups is 1. The molecule has 13 heteroatoms. The molecular weight excluding hydrogens is 813 g/mol. The van der Waals surface area contributed by atoms with Gasteiger partial charge in [0, 0.05) is 22.1 Å². The molecule has 0 bridgehead atoms. The van der Waals surface area contributed by atoms with Gasteiger partial charge in [-0.25, -0.2) is 4.39 Å². The van der Waals surface area contributed by atoms with Gasteiger partial charge < -0.3 is 19.3 Å². The molecular formula is C49H41ClFN3O8. The SMILES string of the molecule is COc1ccc(OC)c(C=Cc2ccc(N3C(=O)C4CC=C5C(CC6C(=O)N(Nc7ccc(F)cc7)C(=O)C6(c6ccc(Cl)cc6)C5c5c(O)cccc5OC)C4C3=O)cc2)c1. The standard InChI is InChI=1S/C49H41ClFN3O8/c1-60-34-21-24-40(61-2)28(25-34)10-7-27-8-19-33(20-9-27)53-45(56)36-23-22-35-37(42(36)47(53)58)26-38-46(57)54(52-32-17-15-31(51)16-18-32)48(59)49(38,29-11-13-30(50)14-12-29)44(35)43-39(55)5-4-6-41(43)62-3/h4-22,24-25,36-38,42,44,52,55H,23,26H2,1-3H3. The van der Waals surface area contributed by atoms with Crippen molar-refractivity contribution in [3.63, 3.8) is 0 Å². The molecule has 5 aromatic rings. The first-order valence-corrected chi connectivity index (χ1v) is 20.5. The number of phenols is 1. The number of anilines is 2. The highest BCUT2D eigenvalue weighted by atomic mass is 35.5. The molecule has 2 heterocycles. The van der Waals surface area contributed by atoms with Crippen molar-refractivity contribution in [1.82, 2.24) is 5.01 Å². The average molecular weight is 854 g/mol. The summed E-state index contributed by atoms with van der Waals surface area (Å²) in [5.41, 5.74) is 4.91. The van der Waals surface area contributed by atoms with Gasteiger partial charge in [-0.05, 0) is 109 Å². The molecule has 314 valence electrons. The van der Waals surface area contributed by atoms with Crippen molar-refractivity contribution in [2.24, 2.45) is 23.7 Å². The zero-order valence-corrected chi connectivity index (χ0v) is 34.6. The van der Waals surface area contributed by atoms with Crippen molar-refractivity contribution in [2.45, 2.75) is 24.2 Å². The van der Waals surface area contributed by atoms with E-state index in [2.05, 4.69) is 5.43 Å². The predicted molar refractivity (Wildman–Crippen MR) is 231 cm³/mol.